The van der Waals surface area contributed by atoms with Gasteiger partial charge in [0.2, 0.25) is 0 Å². The molecule has 70 valence electrons. The van der Waals surface area contributed by atoms with Crippen LogP contribution < -0.4 is 5.32 Å². The van der Waals surface area contributed by atoms with Crippen molar-refractivity contribution in [3.63, 3.8) is 0 Å². The van der Waals surface area contributed by atoms with Crippen LogP contribution in [0.3, 0.4) is 0 Å². The van der Waals surface area contributed by atoms with Gasteiger partial charge in [-0.2, -0.15) is 5.26 Å². The van der Waals surface area contributed by atoms with Crippen molar-refractivity contribution in [1.82, 2.24) is 5.32 Å². The molecule has 2 heteroatoms. The van der Waals surface area contributed by atoms with E-state index in [0.29, 0.717) is 18.5 Å². The van der Waals surface area contributed by atoms with E-state index in [2.05, 4.69) is 32.2 Å². The molecule has 0 aromatic heterocycles. The van der Waals surface area contributed by atoms with Gasteiger partial charge in [0.15, 0.2) is 0 Å². The molecule has 0 aromatic carbocycles. The quantitative estimate of drug-likeness (QED) is 0.661. The topological polar surface area (TPSA) is 35.8 Å². The molecular weight excluding hydrogens is 148 g/mol. The van der Waals surface area contributed by atoms with Crippen molar-refractivity contribution in [3.05, 3.63) is 0 Å². The Labute approximate surface area is 76.0 Å². The molecule has 0 aliphatic heterocycles. The van der Waals surface area contributed by atoms with E-state index in [1.807, 2.05) is 0 Å². The summed E-state index contributed by atoms with van der Waals surface area (Å²) in [6, 6.07) is 3.05. The second-order valence-electron chi connectivity index (χ2n) is 3.47. The van der Waals surface area contributed by atoms with Crippen LogP contribution in [-0.4, -0.2) is 12.1 Å². The zero-order chi connectivity index (χ0) is 9.40. The predicted molar refractivity (Wildman–Crippen MR) is 51.8 cm³/mol. The van der Waals surface area contributed by atoms with Gasteiger partial charge >= 0.3 is 0 Å². The van der Waals surface area contributed by atoms with E-state index < -0.39 is 0 Å². The van der Waals surface area contributed by atoms with Gasteiger partial charge in [0.25, 0.3) is 0 Å². The standard InChI is InChI=1S/C10H20N2/c1-4-5-6-9(2)12-10(3)7-8-11/h9-10,12H,4-7H2,1-3H3. The lowest BCUT2D eigenvalue weighted by Gasteiger charge is -2.17. The van der Waals surface area contributed by atoms with E-state index in [9.17, 15) is 0 Å². The van der Waals surface area contributed by atoms with Gasteiger partial charge in [-0.1, -0.05) is 19.8 Å². The molecule has 0 saturated carbocycles. The summed E-state index contributed by atoms with van der Waals surface area (Å²) in [5.41, 5.74) is 0. The molecule has 0 aliphatic rings. The Morgan fingerprint density at radius 2 is 2.00 bits per heavy atom. The van der Waals surface area contributed by atoms with Gasteiger partial charge in [-0.3, -0.25) is 0 Å². The summed E-state index contributed by atoms with van der Waals surface area (Å²) >= 11 is 0. The summed E-state index contributed by atoms with van der Waals surface area (Å²) in [7, 11) is 0. The molecule has 0 spiro atoms. The van der Waals surface area contributed by atoms with Gasteiger partial charge in [0.1, 0.15) is 0 Å². The molecule has 2 unspecified atom stereocenters. The molecular formula is C10H20N2. The number of nitrogens with one attached hydrogen (secondary N) is 1. The predicted octanol–water partition coefficient (Wildman–Crippen LogP) is 2.46. The van der Waals surface area contributed by atoms with E-state index in [1.165, 1.54) is 19.3 Å². The van der Waals surface area contributed by atoms with Crippen molar-refractivity contribution in [3.8, 4) is 6.07 Å². The van der Waals surface area contributed by atoms with Gasteiger partial charge in [-0.05, 0) is 20.3 Å². The van der Waals surface area contributed by atoms with E-state index >= 15 is 0 Å². The fourth-order valence-corrected chi connectivity index (χ4v) is 1.28. The highest BCUT2D eigenvalue weighted by atomic mass is 14.9. The molecule has 0 aromatic rings. The van der Waals surface area contributed by atoms with E-state index in [4.69, 9.17) is 5.26 Å². The van der Waals surface area contributed by atoms with E-state index in [0.717, 1.165) is 0 Å². The average molecular weight is 168 g/mol. The highest BCUT2D eigenvalue weighted by Crippen LogP contribution is 2.01. The summed E-state index contributed by atoms with van der Waals surface area (Å²) in [5.74, 6) is 0. The fourth-order valence-electron chi connectivity index (χ4n) is 1.28. The maximum atomic E-state index is 8.44. The van der Waals surface area contributed by atoms with Crippen molar-refractivity contribution in [2.45, 2.75) is 58.5 Å². The van der Waals surface area contributed by atoms with Gasteiger partial charge in [-0.15, -0.1) is 0 Å². The number of unbranched alkanes of at least 4 members (excludes halogenated alkanes) is 1. The van der Waals surface area contributed by atoms with Crippen molar-refractivity contribution in [2.24, 2.45) is 0 Å². The van der Waals surface area contributed by atoms with Crippen LogP contribution in [0.15, 0.2) is 0 Å². The molecule has 1 N–H and O–H groups in total. The zero-order valence-corrected chi connectivity index (χ0v) is 8.43. The Hall–Kier alpha value is -0.550. The maximum absolute atomic E-state index is 8.44. The van der Waals surface area contributed by atoms with Crippen LogP contribution in [0.25, 0.3) is 0 Å². The zero-order valence-electron chi connectivity index (χ0n) is 8.43. The lowest BCUT2D eigenvalue weighted by Crippen LogP contribution is -2.34. The van der Waals surface area contributed by atoms with Gasteiger partial charge in [0.05, 0.1) is 12.5 Å². The number of rotatable bonds is 6. The Kier molecular flexibility index (Phi) is 6.79. The lowest BCUT2D eigenvalue weighted by atomic mass is 10.1. The third kappa shape index (κ3) is 6.18. The van der Waals surface area contributed by atoms with Gasteiger partial charge in [0, 0.05) is 12.1 Å². The summed E-state index contributed by atoms with van der Waals surface area (Å²) in [6.45, 7) is 6.45. The van der Waals surface area contributed by atoms with Crippen LogP contribution in [0, 0.1) is 11.3 Å². The smallest absolute Gasteiger partial charge is 0.0638 e. The highest BCUT2D eigenvalue weighted by Gasteiger charge is 2.05. The Bertz CT molecular complexity index is 137. The second-order valence-corrected chi connectivity index (χ2v) is 3.47. The fraction of sp³-hybridized carbons (Fsp3) is 0.900. The molecule has 0 fully saturated rings. The van der Waals surface area contributed by atoms with Crippen molar-refractivity contribution in [1.29, 1.82) is 5.26 Å². The summed E-state index contributed by atoms with van der Waals surface area (Å²) in [4.78, 5) is 0. The summed E-state index contributed by atoms with van der Waals surface area (Å²) < 4.78 is 0. The molecule has 2 nitrogen and oxygen atoms in total. The summed E-state index contributed by atoms with van der Waals surface area (Å²) in [6.07, 6.45) is 4.34. The van der Waals surface area contributed by atoms with Crippen LogP contribution in [0.4, 0.5) is 0 Å². The molecule has 0 radical (unpaired) electrons. The summed E-state index contributed by atoms with van der Waals surface area (Å²) in [5, 5.41) is 11.8. The number of hydrogen-bond acceptors (Lipinski definition) is 2. The minimum Gasteiger partial charge on any atom is -0.311 e. The van der Waals surface area contributed by atoms with Crippen molar-refractivity contribution in [2.75, 3.05) is 0 Å². The van der Waals surface area contributed by atoms with Crippen LogP contribution in [-0.2, 0) is 0 Å². The van der Waals surface area contributed by atoms with Crippen LogP contribution >= 0.6 is 0 Å². The number of nitrogens with zero attached hydrogens (tertiary/aromatic N) is 1. The van der Waals surface area contributed by atoms with Crippen molar-refractivity contribution >= 4 is 0 Å². The lowest BCUT2D eigenvalue weighted by molar-refractivity contribution is 0.439. The van der Waals surface area contributed by atoms with E-state index in [-0.39, 0.29) is 0 Å². The highest BCUT2D eigenvalue weighted by molar-refractivity contribution is 4.79. The minimum atomic E-state index is 0.335. The first-order chi connectivity index (χ1) is 5.70. The molecule has 0 bridgehead atoms. The molecule has 0 rings (SSSR count). The Balaban J connectivity index is 3.41. The second kappa shape index (κ2) is 7.12. The normalized spacial score (nSPS) is 15.2. The Morgan fingerprint density at radius 1 is 1.33 bits per heavy atom. The van der Waals surface area contributed by atoms with E-state index in [1.54, 1.807) is 0 Å². The molecule has 12 heavy (non-hydrogen) atoms. The van der Waals surface area contributed by atoms with Crippen LogP contribution in [0.1, 0.15) is 46.5 Å². The molecule has 0 heterocycles. The average Bonchev–Trinajstić information content (AvgIpc) is 2.01. The first-order valence-electron chi connectivity index (χ1n) is 4.83. The van der Waals surface area contributed by atoms with Crippen molar-refractivity contribution < 1.29 is 0 Å². The molecule has 2 atom stereocenters. The third-order valence-electron chi connectivity index (χ3n) is 1.96. The van der Waals surface area contributed by atoms with Crippen LogP contribution in [0.5, 0.6) is 0 Å². The molecule has 0 amide bonds. The number of hydrogen-bond donors (Lipinski definition) is 1. The number of nitriles is 1. The largest absolute Gasteiger partial charge is 0.311 e. The monoisotopic (exact) mass is 168 g/mol. The minimum absolute atomic E-state index is 0.335. The maximum Gasteiger partial charge on any atom is 0.0638 e. The first kappa shape index (κ1) is 11.4. The van der Waals surface area contributed by atoms with Crippen LogP contribution in [0.2, 0.25) is 0 Å². The first-order valence-corrected chi connectivity index (χ1v) is 4.83. The third-order valence-corrected chi connectivity index (χ3v) is 1.96. The molecule has 0 saturated heterocycles. The van der Waals surface area contributed by atoms with Gasteiger partial charge in [-0.25, -0.2) is 0 Å². The Morgan fingerprint density at radius 3 is 2.50 bits per heavy atom. The molecule has 0 aliphatic carbocycles. The van der Waals surface area contributed by atoms with Gasteiger partial charge < -0.3 is 5.32 Å². The SMILES string of the molecule is CCCCC(C)NC(C)CC#N.